The molecule has 5 nitrogen and oxygen atoms in total. The first kappa shape index (κ1) is 30.8. The number of nitro groups is 1. The molecule has 1 heterocycles. The standard InChI is InChI=1S/C31H56N3O2/c1-3-4-5-6-7-8-9-10-11-12-13-14-15-16-17-18-23-32-24-20-26-34(2,27-25-32)29-30-21-19-22-31(28-30)33(35)36/h19,21-22,28H,3-18,20,23-27,29H2,1-2H3/q+1. The Hall–Kier alpha value is -1.46. The molecule has 5 heteroatoms. The van der Waals surface area contributed by atoms with E-state index in [-0.39, 0.29) is 10.6 Å². The fourth-order valence-electron chi connectivity index (χ4n) is 5.76. The predicted molar refractivity (Wildman–Crippen MR) is 153 cm³/mol. The Bertz CT molecular complexity index is 711. The molecular formula is C31H56N3O2+. The van der Waals surface area contributed by atoms with Crippen LogP contribution in [0.2, 0.25) is 0 Å². The van der Waals surface area contributed by atoms with E-state index in [2.05, 4.69) is 18.9 Å². The number of quaternary nitrogens is 1. The number of hydrogen-bond acceptors (Lipinski definition) is 3. The third-order valence-electron chi connectivity index (χ3n) is 8.14. The van der Waals surface area contributed by atoms with Crippen LogP contribution in [-0.4, -0.2) is 54.1 Å². The molecule has 206 valence electrons. The van der Waals surface area contributed by atoms with Crippen LogP contribution >= 0.6 is 0 Å². The summed E-state index contributed by atoms with van der Waals surface area (Å²) in [6.07, 6.45) is 23.9. The summed E-state index contributed by atoms with van der Waals surface area (Å²) in [6.45, 7) is 9.02. The first-order chi connectivity index (χ1) is 17.5. The number of likely N-dealkylation sites (N-methyl/N-ethyl adjacent to an activating group) is 1. The number of hydrogen-bond donors (Lipinski definition) is 0. The highest BCUT2D eigenvalue weighted by atomic mass is 16.6. The number of non-ortho nitro benzene ring substituents is 1. The minimum absolute atomic E-state index is 0.207. The van der Waals surface area contributed by atoms with Crippen LogP contribution in [0.1, 0.15) is 122 Å². The van der Waals surface area contributed by atoms with E-state index < -0.39 is 0 Å². The van der Waals surface area contributed by atoms with Crippen molar-refractivity contribution in [3.8, 4) is 0 Å². The van der Waals surface area contributed by atoms with Crippen LogP contribution in [0, 0.1) is 10.1 Å². The summed E-state index contributed by atoms with van der Waals surface area (Å²) in [5.74, 6) is 0. The maximum atomic E-state index is 11.1. The largest absolute Gasteiger partial charge is 0.321 e. The van der Waals surface area contributed by atoms with E-state index in [1.54, 1.807) is 12.1 Å². The summed E-state index contributed by atoms with van der Waals surface area (Å²) in [5, 5.41) is 11.1. The molecule has 1 aromatic rings. The van der Waals surface area contributed by atoms with E-state index in [0.717, 1.165) is 36.2 Å². The molecule has 0 radical (unpaired) electrons. The maximum absolute atomic E-state index is 11.1. The quantitative estimate of drug-likeness (QED) is 0.0777. The fourth-order valence-corrected chi connectivity index (χ4v) is 5.76. The smallest absolute Gasteiger partial charge is 0.269 e. The lowest BCUT2D eigenvalue weighted by atomic mass is 10.0. The van der Waals surface area contributed by atoms with Gasteiger partial charge >= 0.3 is 0 Å². The van der Waals surface area contributed by atoms with Crippen LogP contribution in [0.5, 0.6) is 0 Å². The van der Waals surface area contributed by atoms with Crippen molar-refractivity contribution in [3.05, 3.63) is 39.9 Å². The van der Waals surface area contributed by atoms with Gasteiger partial charge in [-0.3, -0.25) is 15.0 Å². The fraction of sp³-hybridized carbons (Fsp3) is 0.806. The third-order valence-corrected chi connectivity index (χ3v) is 8.14. The van der Waals surface area contributed by atoms with Crippen LogP contribution in [0.25, 0.3) is 0 Å². The molecule has 0 saturated carbocycles. The number of rotatable bonds is 20. The van der Waals surface area contributed by atoms with Gasteiger partial charge in [0.2, 0.25) is 0 Å². The molecule has 0 bridgehead atoms. The molecule has 1 fully saturated rings. The van der Waals surface area contributed by atoms with E-state index in [0.29, 0.717) is 0 Å². The van der Waals surface area contributed by atoms with Gasteiger partial charge < -0.3 is 4.48 Å². The molecule has 0 aromatic heterocycles. The van der Waals surface area contributed by atoms with Crippen molar-refractivity contribution in [1.29, 1.82) is 0 Å². The zero-order valence-corrected chi connectivity index (χ0v) is 23.7. The van der Waals surface area contributed by atoms with Gasteiger partial charge in [0, 0.05) is 37.2 Å². The Morgan fingerprint density at radius 3 is 1.92 bits per heavy atom. The molecule has 1 aliphatic heterocycles. The van der Waals surface area contributed by atoms with Crippen molar-refractivity contribution in [2.24, 2.45) is 0 Å². The average Bonchev–Trinajstić information content (AvgIpc) is 3.05. The Labute approximate surface area is 222 Å². The van der Waals surface area contributed by atoms with E-state index >= 15 is 0 Å². The Morgan fingerprint density at radius 2 is 1.36 bits per heavy atom. The van der Waals surface area contributed by atoms with Crippen LogP contribution in [0.4, 0.5) is 5.69 Å². The third kappa shape index (κ3) is 13.7. The van der Waals surface area contributed by atoms with Crippen molar-refractivity contribution in [2.75, 3.05) is 39.8 Å². The molecule has 1 unspecified atom stereocenters. The van der Waals surface area contributed by atoms with Gasteiger partial charge in [0.25, 0.3) is 5.69 Å². The first-order valence-electron chi connectivity index (χ1n) is 15.3. The Morgan fingerprint density at radius 1 is 0.806 bits per heavy atom. The SMILES string of the molecule is CCCCCCCCCCCCCCCCCCN1CCC[N+](C)(Cc2cccc([N+](=O)[O-])c2)CC1. The van der Waals surface area contributed by atoms with E-state index in [9.17, 15) is 10.1 Å². The molecule has 0 amide bonds. The van der Waals surface area contributed by atoms with Crippen molar-refractivity contribution < 1.29 is 9.41 Å². The number of nitrogens with zero attached hydrogens (tertiary/aromatic N) is 3. The lowest BCUT2D eigenvalue weighted by Gasteiger charge is -2.33. The van der Waals surface area contributed by atoms with Gasteiger partial charge in [0.05, 0.1) is 25.1 Å². The van der Waals surface area contributed by atoms with Gasteiger partial charge in [0.1, 0.15) is 6.54 Å². The van der Waals surface area contributed by atoms with Crippen LogP contribution < -0.4 is 0 Å². The van der Waals surface area contributed by atoms with E-state index in [1.165, 1.54) is 122 Å². The van der Waals surface area contributed by atoms with Crippen molar-refractivity contribution in [2.45, 2.75) is 123 Å². The van der Waals surface area contributed by atoms with Crippen LogP contribution in [-0.2, 0) is 6.54 Å². The molecule has 1 atom stereocenters. The van der Waals surface area contributed by atoms with Crippen molar-refractivity contribution >= 4 is 5.69 Å². The number of benzene rings is 1. The molecule has 0 N–H and O–H groups in total. The zero-order chi connectivity index (χ0) is 25.9. The summed E-state index contributed by atoms with van der Waals surface area (Å²) < 4.78 is 0.983. The number of unbranched alkanes of at least 4 members (excludes halogenated alkanes) is 15. The predicted octanol–water partition coefficient (Wildman–Crippen LogP) is 8.51. The number of nitro benzene ring substituents is 1. The summed E-state index contributed by atoms with van der Waals surface area (Å²) in [5.41, 5.74) is 1.29. The monoisotopic (exact) mass is 502 g/mol. The highest BCUT2D eigenvalue weighted by Gasteiger charge is 2.27. The highest BCUT2D eigenvalue weighted by molar-refractivity contribution is 5.33. The molecule has 1 saturated heterocycles. The maximum Gasteiger partial charge on any atom is 0.269 e. The topological polar surface area (TPSA) is 46.4 Å². The van der Waals surface area contributed by atoms with Gasteiger partial charge in [-0.1, -0.05) is 115 Å². The Kier molecular flexibility index (Phi) is 16.0. The van der Waals surface area contributed by atoms with Crippen molar-refractivity contribution in [1.82, 2.24) is 4.90 Å². The molecule has 0 spiro atoms. The Balaban J connectivity index is 1.45. The van der Waals surface area contributed by atoms with Gasteiger partial charge in [-0.15, -0.1) is 0 Å². The molecule has 36 heavy (non-hydrogen) atoms. The van der Waals surface area contributed by atoms with E-state index in [1.807, 2.05) is 12.1 Å². The minimum Gasteiger partial charge on any atom is -0.321 e. The van der Waals surface area contributed by atoms with Crippen LogP contribution in [0.15, 0.2) is 24.3 Å². The summed E-state index contributed by atoms with van der Waals surface area (Å²) in [7, 11) is 2.32. The molecule has 1 aromatic carbocycles. The van der Waals surface area contributed by atoms with Gasteiger partial charge in [-0.25, -0.2) is 0 Å². The average molecular weight is 503 g/mol. The normalized spacial score (nSPS) is 18.8. The van der Waals surface area contributed by atoms with Gasteiger partial charge in [-0.2, -0.15) is 0 Å². The summed E-state index contributed by atoms with van der Waals surface area (Å²) in [4.78, 5) is 13.5. The second-order valence-electron chi connectivity index (χ2n) is 11.7. The second kappa shape index (κ2) is 18.7. The van der Waals surface area contributed by atoms with Crippen molar-refractivity contribution in [3.63, 3.8) is 0 Å². The van der Waals surface area contributed by atoms with E-state index in [4.69, 9.17) is 0 Å². The zero-order valence-electron chi connectivity index (χ0n) is 23.7. The molecular weight excluding hydrogens is 446 g/mol. The second-order valence-corrected chi connectivity index (χ2v) is 11.7. The molecule has 0 aliphatic carbocycles. The van der Waals surface area contributed by atoms with Gasteiger partial charge in [0.15, 0.2) is 0 Å². The molecule has 1 aliphatic rings. The lowest BCUT2D eigenvalue weighted by molar-refractivity contribution is -0.920. The lowest BCUT2D eigenvalue weighted by Crippen LogP contribution is -2.46. The summed E-state index contributed by atoms with van der Waals surface area (Å²) in [6, 6.07) is 7.20. The highest BCUT2D eigenvalue weighted by Crippen LogP contribution is 2.20. The van der Waals surface area contributed by atoms with Crippen LogP contribution in [0.3, 0.4) is 0 Å². The summed E-state index contributed by atoms with van der Waals surface area (Å²) >= 11 is 0. The van der Waals surface area contributed by atoms with Gasteiger partial charge in [-0.05, 0) is 13.0 Å². The first-order valence-corrected chi connectivity index (χ1v) is 15.3. The molecule has 2 rings (SSSR count). The minimum atomic E-state index is -0.286.